The number of aromatic hydroxyl groups is 1. The molecular formula is C57H50N3OPt-. The molecule has 62 heavy (non-hydrogen) atoms. The Morgan fingerprint density at radius 3 is 1.79 bits per heavy atom. The summed E-state index contributed by atoms with van der Waals surface area (Å²) in [6.07, 6.45) is 1.84. The Kier molecular flexibility index (Phi) is 10.5. The molecule has 0 amide bonds. The quantitative estimate of drug-likeness (QED) is 0.162. The Hall–Kier alpha value is -6.35. The van der Waals surface area contributed by atoms with Crippen LogP contribution in [0.4, 0.5) is 0 Å². The Labute approximate surface area is 384 Å². The number of fused-ring (bicyclic) bond motifs is 1. The molecule has 0 aliphatic rings. The van der Waals surface area contributed by atoms with E-state index in [1.165, 1.54) is 0 Å². The van der Waals surface area contributed by atoms with E-state index in [1.54, 1.807) is 6.07 Å². The van der Waals surface area contributed by atoms with E-state index in [-0.39, 0.29) is 37.8 Å². The minimum Gasteiger partial charge on any atom is -0.507 e. The van der Waals surface area contributed by atoms with E-state index >= 15 is 0 Å². The third-order valence-electron chi connectivity index (χ3n) is 11.5. The topological polar surface area (TPSA) is 50.9 Å². The average molecular weight is 991 g/mol. The monoisotopic (exact) mass is 990 g/mol. The van der Waals surface area contributed by atoms with Crippen LogP contribution in [0.5, 0.6) is 5.75 Å². The van der Waals surface area contributed by atoms with Crippen molar-refractivity contribution in [2.24, 2.45) is 0 Å². The van der Waals surface area contributed by atoms with Crippen molar-refractivity contribution < 1.29 is 30.3 Å². The average Bonchev–Trinajstić information content (AvgIpc) is 3.68. The number of hydrogen-bond acceptors (Lipinski definition) is 3. The van der Waals surface area contributed by atoms with Crippen LogP contribution in [-0.2, 0) is 31.9 Å². The molecule has 2 heterocycles. The molecule has 0 saturated heterocycles. The Morgan fingerprint density at radius 2 is 1.18 bits per heavy atom. The molecule has 0 unspecified atom stereocenters. The molecule has 1 N–H and O–H groups in total. The Morgan fingerprint density at radius 1 is 0.565 bits per heavy atom. The fourth-order valence-corrected chi connectivity index (χ4v) is 8.13. The van der Waals surface area contributed by atoms with Gasteiger partial charge in [-0.1, -0.05) is 180 Å². The molecule has 0 bridgehead atoms. The first-order valence-electron chi connectivity index (χ1n) is 22.3. The number of pyridine rings is 1. The summed E-state index contributed by atoms with van der Waals surface area (Å²) in [5.41, 5.74) is 12.6. The van der Waals surface area contributed by atoms with Crippen molar-refractivity contribution >= 4 is 11.0 Å². The fourth-order valence-electron chi connectivity index (χ4n) is 8.13. The molecule has 9 aromatic rings. The zero-order chi connectivity index (χ0) is 45.0. The third-order valence-corrected chi connectivity index (χ3v) is 11.5. The van der Waals surface area contributed by atoms with Crippen molar-refractivity contribution in [1.29, 1.82) is 0 Å². The van der Waals surface area contributed by atoms with Gasteiger partial charge in [-0.25, -0.2) is 4.98 Å². The molecule has 0 radical (unpaired) electrons. The van der Waals surface area contributed by atoms with Crippen LogP contribution >= 0.6 is 0 Å². The summed E-state index contributed by atoms with van der Waals surface area (Å²) in [6.45, 7) is 10.2. The smallest absolute Gasteiger partial charge is 0.148 e. The van der Waals surface area contributed by atoms with E-state index < -0.39 is 12.3 Å². The zero-order valence-corrected chi connectivity index (χ0v) is 38.0. The van der Waals surface area contributed by atoms with Gasteiger partial charge in [0, 0.05) is 42.6 Å². The summed E-state index contributed by atoms with van der Waals surface area (Å²) in [7, 11) is 0. The zero-order valence-electron chi connectivity index (χ0n) is 38.8. The standard InChI is InChI=1S/C57H50N3O.Pt/c1-37-30-41(38-18-11-8-12-19-38)26-27-51(37)60-52-25-17-24-47(53(52)59-55(60)48-35-46(56(2,3)4)36-49(54(48)61)57(5,6)7)44-31-43(40-22-15-10-16-23-40)32-45(33-44)50-34-42(28-29-58-50)39-20-13-9-14-21-39;/h8-32,34-36,61H,1-7H3;/q-1;/i1D3;. The second-order valence-electron chi connectivity index (χ2n) is 17.8. The maximum absolute atomic E-state index is 12.4. The molecule has 0 atom stereocenters. The first-order valence-corrected chi connectivity index (χ1v) is 20.8. The van der Waals surface area contributed by atoms with Crippen molar-refractivity contribution in [3.63, 3.8) is 0 Å². The van der Waals surface area contributed by atoms with Crippen molar-refractivity contribution in [2.75, 3.05) is 0 Å². The minimum absolute atomic E-state index is 0. The van der Waals surface area contributed by atoms with Gasteiger partial charge < -0.3 is 5.11 Å². The van der Waals surface area contributed by atoms with Gasteiger partial charge in [0.15, 0.2) is 0 Å². The van der Waals surface area contributed by atoms with Gasteiger partial charge in [-0.15, -0.1) is 23.8 Å². The molecule has 0 fully saturated rings. The van der Waals surface area contributed by atoms with Gasteiger partial charge in [-0.3, -0.25) is 9.55 Å². The van der Waals surface area contributed by atoms with Crippen LogP contribution in [0.25, 0.3) is 83.9 Å². The number of rotatable bonds is 7. The van der Waals surface area contributed by atoms with E-state index in [2.05, 4.69) is 96.1 Å². The summed E-state index contributed by atoms with van der Waals surface area (Å²) in [4.78, 5) is 10.3. The molecule has 5 heteroatoms. The van der Waals surface area contributed by atoms with Gasteiger partial charge >= 0.3 is 0 Å². The molecule has 7 aromatic carbocycles. The van der Waals surface area contributed by atoms with Gasteiger partial charge in [0.05, 0.1) is 22.3 Å². The molecule has 0 spiro atoms. The summed E-state index contributed by atoms with van der Waals surface area (Å²) in [5.74, 6) is 0.547. The summed E-state index contributed by atoms with van der Waals surface area (Å²) < 4.78 is 28.7. The van der Waals surface area contributed by atoms with Gasteiger partial charge in [-0.2, -0.15) is 0 Å². The molecule has 2 aromatic heterocycles. The summed E-state index contributed by atoms with van der Waals surface area (Å²) in [5, 5.41) is 12.4. The maximum atomic E-state index is 12.4. The number of imidazole rings is 1. The van der Waals surface area contributed by atoms with Crippen molar-refractivity contribution in [2.45, 2.75) is 59.2 Å². The number of phenolic OH excluding ortho intramolecular Hbond substituents is 1. The van der Waals surface area contributed by atoms with E-state index in [1.807, 2.05) is 120 Å². The second-order valence-corrected chi connectivity index (χ2v) is 17.8. The molecule has 9 rings (SSSR count). The van der Waals surface area contributed by atoms with Gasteiger partial charge in [0.1, 0.15) is 11.6 Å². The number of phenols is 1. The number of nitrogens with zero attached hydrogens (tertiary/aromatic N) is 3. The predicted molar refractivity (Wildman–Crippen MR) is 254 cm³/mol. The van der Waals surface area contributed by atoms with E-state index in [4.69, 9.17) is 14.1 Å². The first kappa shape index (κ1) is 38.6. The number of benzene rings is 7. The van der Waals surface area contributed by atoms with Crippen molar-refractivity contribution in [3.8, 4) is 78.6 Å². The van der Waals surface area contributed by atoms with E-state index in [9.17, 15) is 5.11 Å². The van der Waals surface area contributed by atoms with E-state index in [0.29, 0.717) is 28.1 Å². The number of para-hydroxylation sites is 1. The van der Waals surface area contributed by atoms with Gasteiger partial charge in [-0.05, 0) is 87.0 Å². The Bertz CT molecular complexity index is 3170. The largest absolute Gasteiger partial charge is 0.507 e. The second kappa shape index (κ2) is 16.8. The number of hydrogen-bond donors (Lipinski definition) is 1. The summed E-state index contributed by atoms with van der Waals surface area (Å²) >= 11 is 0. The van der Waals surface area contributed by atoms with Crippen LogP contribution in [0.15, 0.2) is 170 Å². The maximum Gasteiger partial charge on any atom is 0.148 e. The fraction of sp³-hybridized carbons (Fsp3) is 0.158. The molecule has 310 valence electrons. The van der Waals surface area contributed by atoms with Crippen LogP contribution in [0.3, 0.4) is 0 Å². The molecular weight excluding hydrogens is 938 g/mol. The molecule has 4 nitrogen and oxygen atoms in total. The van der Waals surface area contributed by atoms with Crippen LogP contribution in [0, 0.1) is 12.9 Å². The third kappa shape index (κ3) is 8.20. The van der Waals surface area contributed by atoms with Crippen LogP contribution in [0.2, 0.25) is 0 Å². The SMILES string of the molecule is [2H]C([2H])([2H])c1cc(-c2ccccc2)ccc1-n1c(-c2cc(C(C)(C)C)cc(C(C)(C)C)c2O)nc2c(-c3[c-]c(-c4cc(-c5ccccc5)ccn4)cc(-c4ccccc4)c3)cccc21.[Pt]. The molecule has 0 aliphatic carbocycles. The number of aryl methyl sites for hydroxylation is 1. The van der Waals surface area contributed by atoms with Crippen LogP contribution < -0.4 is 0 Å². The summed E-state index contributed by atoms with van der Waals surface area (Å²) in [6, 6.07) is 58.2. The Balaban J connectivity index is 0.00000576. The first-order chi connectivity index (χ1) is 30.5. The van der Waals surface area contributed by atoms with Crippen LogP contribution in [0.1, 0.15) is 62.3 Å². The number of aromatic nitrogens is 3. The molecule has 0 saturated carbocycles. The normalized spacial score (nSPS) is 12.6. The van der Waals surface area contributed by atoms with Crippen molar-refractivity contribution in [1.82, 2.24) is 14.5 Å². The van der Waals surface area contributed by atoms with Crippen molar-refractivity contribution in [3.05, 3.63) is 193 Å². The molecule has 0 aliphatic heterocycles. The van der Waals surface area contributed by atoms with Crippen LogP contribution in [-0.4, -0.2) is 19.6 Å². The van der Waals surface area contributed by atoms with E-state index in [0.717, 1.165) is 66.9 Å². The van der Waals surface area contributed by atoms with Gasteiger partial charge in [0.2, 0.25) is 0 Å². The van der Waals surface area contributed by atoms with Gasteiger partial charge in [0.25, 0.3) is 0 Å². The predicted octanol–water partition coefficient (Wildman–Crippen LogP) is 14.8. The minimum atomic E-state index is -2.49.